The van der Waals surface area contributed by atoms with Crippen LogP contribution in [0.5, 0.6) is 5.75 Å². The van der Waals surface area contributed by atoms with Gasteiger partial charge in [0.15, 0.2) is 0 Å². The lowest BCUT2D eigenvalue weighted by Crippen LogP contribution is -2.47. The van der Waals surface area contributed by atoms with E-state index in [2.05, 4.69) is 27.9 Å². The van der Waals surface area contributed by atoms with Crippen molar-refractivity contribution in [2.24, 2.45) is 0 Å². The van der Waals surface area contributed by atoms with E-state index in [-0.39, 0.29) is 5.91 Å². The average Bonchev–Trinajstić information content (AvgIpc) is 2.39. The van der Waals surface area contributed by atoms with Gasteiger partial charge in [-0.15, -0.1) is 0 Å². The summed E-state index contributed by atoms with van der Waals surface area (Å²) in [6.07, 6.45) is 0. The Morgan fingerprint density at radius 3 is 2.56 bits per heavy atom. The predicted octanol–water partition coefficient (Wildman–Crippen LogP) is 1.85. The van der Waals surface area contributed by atoms with Crippen LogP contribution >= 0.6 is 15.9 Å². The molecule has 5 heteroatoms. The molecule has 1 aromatic rings. The molecule has 2 rings (SSSR count). The lowest BCUT2D eigenvalue weighted by Gasteiger charge is -2.32. The van der Waals surface area contributed by atoms with Gasteiger partial charge >= 0.3 is 0 Å². The van der Waals surface area contributed by atoms with Gasteiger partial charge in [-0.25, -0.2) is 0 Å². The number of amides is 1. The molecule has 18 heavy (non-hydrogen) atoms. The van der Waals surface area contributed by atoms with Crippen LogP contribution in [0.4, 0.5) is 0 Å². The first-order valence-corrected chi connectivity index (χ1v) is 6.73. The highest BCUT2D eigenvalue weighted by Crippen LogP contribution is 2.29. The number of piperazine rings is 1. The Labute approximate surface area is 116 Å². The normalized spacial score (nSPS) is 16.7. The Bertz CT molecular complexity index is 443. The van der Waals surface area contributed by atoms with Crippen molar-refractivity contribution >= 4 is 21.8 Å². The molecule has 1 amide bonds. The minimum Gasteiger partial charge on any atom is -0.496 e. The SMILES string of the molecule is COc1cccc(C(=O)N2CCN(C)CC2)c1Br. The number of rotatable bonds is 2. The fourth-order valence-electron chi connectivity index (χ4n) is 2.01. The van der Waals surface area contributed by atoms with Crippen LogP contribution in [0.15, 0.2) is 22.7 Å². The van der Waals surface area contributed by atoms with Crippen molar-refractivity contribution in [3.8, 4) is 5.75 Å². The van der Waals surface area contributed by atoms with Crippen LogP contribution in [0, 0.1) is 0 Å². The van der Waals surface area contributed by atoms with E-state index in [4.69, 9.17) is 4.74 Å². The number of carbonyl (C=O) groups is 1. The van der Waals surface area contributed by atoms with Crippen molar-refractivity contribution in [3.63, 3.8) is 0 Å². The second-order valence-electron chi connectivity index (χ2n) is 4.42. The predicted molar refractivity (Wildman–Crippen MR) is 74.1 cm³/mol. The Kier molecular flexibility index (Phi) is 4.24. The summed E-state index contributed by atoms with van der Waals surface area (Å²) in [5, 5.41) is 0. The smallest absolute Gasteiger partial charge is 0.255 e. The Balaban J connectivity index is 2.18. The molecule has 1 fully saturated rings. The summed E-state index contributed by atoms with van der Waals surface area (Å²) in [5.74, 6) is 0.754. The molecule has 0 aromatic heterocycles. The van der Waals surface area contributed by atoms with Gasteiger partial charge in [-0.3, -0.25) is 4.79 Å². The van der Waals surface area contributed by atoms with Crippen LogP contribution in [-0.2, 0) is 0 Å². The minimum atomic E-state index is 0.0638. The molecule has 4 nitrogen and oxygen atoms in total. The van der Waals surface area contributed by atoms with E-state index in [0.29, 0.717) is 11.3 Å². The molecule has 0 bridgehead atoms. The van der Waals surface area contributed by atoms with Gasteiger partial charge in [-0.2, -0.15) is 0 Å². The Hall–Kier alpha value is -1.07. The lowest BCUT2D eigenvalue weighted by molar-refractivity contribution is 0.0663. The molecular formula is C13H17BrN2O2. The van der Waals surface area contributed by atoms with Crippen molar-refractivity contribution in [3.05, 3.63) is 28.2 Å². The van der Waals surface area contributed by atoms with Gasteiger partial charge in [-0.05, 0) is 35.1 Å². The highest BCUT2D eigenvalue weighted by molar-refractivity contribution is 9.10. The zero-order valence-electron chi connectivity index (χ0n) is 10.6. The molecule has 0 N–H and O–H groups in total. The van der Waals surface area contributed by atoms with Crippen LogP contribution in [-0.4, -0.2) is 56.0 Å². The summed E-state index contributed by atoms with van der Waals surface area (Å²) in [5.41, 5.74) is 0.666. The van der Waals surface area contributed by atoms with Crippen LogP contribution in [0.2, 0.25) is 0 Å². The third kappa shape index (κ3) is 2.67. The number of benzene rings is 1. The molecule has 98 valence electrons. The van der Waals surface area contributed by atoms with Gasteiger partial charge in [0.2, 0.25) is 0 Å². The van der Waals surface area contributed by atoms with Gasteiger partial charge in [0, 0.05) is 26.2 Å². The quantitative estimate of drug-likeness (QED) is 0.835. The molecule has 0 aliphatic carbocycles. The molecule has 0 saturated carbocycles. The van der Waals surface area contributed by atoms with E-state index < -0.39 is 0 Å². The fraction of sp³-hybridized carbons (Fsp3) is 0.462. The summed E-state index contributed by atoms with van der Waals surface area (Å²) >= 11 is 3.44. The topological polar surface area (TPSA) is 32.8 Å². The van der Waals surface area contributed by atoms with Crippen LogP contribution in [0.3, 0.4) is 0 Å². The van der Waals surface area contributed by atoms with Crippen molar-refractivity contribution in [2.75, 3.05) is 40.3 Å². The van der Waals surface area contributed by atoms with E-state index in [0.717, 1.165) is 30.7 Å². The first kappa shape index (κ1) is 13.4. The maximum Gasteiger partial charge on any atom is 0.255 e. The number of halogens is 1. The third-order valence-electron chi connectivity index (χ3n) is 3.20. The maximum atomic E-state index is 12.4. The number of methoxy groups -OCH3 is 1. The highest BCUT2D eigenvalue weighted by atomic mass is 79.9. The molecular weight excluding hydrogens is 296 g/mol. The molecule has 0 unspecified atom stereocenters. The molecule has 0 radical (unpaired) electrons. The maximum absolute atomic E-state index is 12.4. The zero-order chi connectivity index (χ0) is 13.1. The summed E-state index contributed by atoms with van der Waals surface area (Å²) in [7, 11) is 3.67. The molecule has 1 aromatic carbocycles. The van der Waals surface area contributed by atoms with E-state index in [1.54, 1.807) is 7.11 Å². The van der Waals surface area contributed by atoms with E-state index >= 15 is 0 Å². The Morgan fingerprint density at radius 1 is 1.28 bits per heavy atom. The van der Waals surface area contributed by atoms with Gasteiger partial charge < -0.3 is 14.5 Å². The summed E-state index contributed by atoms with van der Waals surface area (Å²) in [6.45, 7) is 3.40. The Morgan fingerprint density at radius 2 is 1.94 bits per heavy atom. The number of likely N-dealkylation sites (N-methyl/N-ethyl adjacent to an activating group) is 1. The molecule has 1 aliphatic heterocycles. The highest BCUT2D eigenvalue weighted by Gasteiger charge is 2.22. The van der Waals surface area contributed by atoms with Crippen molar-refractivity contribution in [1.82, 2.24) is 9.80 Å². The summed E-state index contributed by atoms with van der Waals surface area (Å²) in [4.78, 5) is 16.5. The largest absolute Gasteiger partial charge is 0.496 e. The average molecular weight is 313 g/mol. The number of hydrogen-bond donors (Lipinski definition) is 0. The monoisotopic (exact) mass is 312 g/mol. The molecule has 1 aliphatic rings. The molecule has 1 heterocycles. The van der Waals surface area contributed by atoms with Gasteiger partial charge in [0.1, 0.15) is 5.75 Å². The standard InChI is InChI=1S/C13H17BrN2O2/c1-15-6-8-16(9-7-15)13(17)10-4-3-5-11(18-2)12(10)14/h3-5H,6-9H2,1-2H3. The zero-order valence-corrected chi connectivity index (χ0v) is 12.2. The molecule has 1 saturated heterocycles. The first-order chi connectivity index (χ1) is 8.63. The third-order valence-corrected chi connectivity index (χ3v) is 4.02. The number of carbonyl (C=O) groups excluding carboxylic acids is 1. The van der Waals surface area contributed by atoms with Gasteiger partial charge in [0.25, 0.3) is 5.91 Å². The number of nitrogens with zero attached hydrogens (tertiary/aromatic N) is 2. The number of hydrogen-bond acceptors (Lipinski definition) is 3. The van der Waals surface area contributed by atoms with E-state index in [1.807, 2.05) is 23.1 Å². The van der Waals surface area contributed by atoms with Crippen molar-refractivity contribution in [1.29, 1.82) is 0 Å². The van der Waals surface area contributed by atoms with Crippen LogP contribution in [0.1, 0.15) is 10.4 Å². The molecule has 0 atom stereocenters. The van der Waals surface area contributed by atoms with Gasteiger partial charge in [-0.1, -0.05) is 6.07 Å². The summed E-state index contributed by atoms with van der Waals surface area (Å²) < 4.78 is 5.95. The fourth-order valence-corrected chi connectivity index (χ4v) is 2.61. The van der Waals surface area contributed by atoms with Crippen molar-refractivity contribution < 1.29 is 9.53 Å². The second kappa shape index (κ2) is 5.71. The lowest BCUT2D eigenvalue weighted by atomic mass is 10.1. The summed E-state index contributed by atoms with van der Waals surface area (Å²) in [6, 6.07) is 5.50. The van der Waals surface area contributed by atoms with Crippen LogP contribution < -0.4 is 4.74 Å². The van der Waals surface area contributed by atoms with E-state index in [1.165, 1.54) is 0 Å². The minimum absolute atomic E-state index is 0.0638. The van der Waals surface area contributed by atoms with E-state index in [9.17, 15) is 4.79 Å². The first-order valence-electron chi connectivity index (χ1n) is 5.94. The molecule has 0 spiro atoms. The second-order valence-corrected chi connectivity index (χ2v) is 5.21. The van der Waals surface area contributed by atoms with Crippen LogP contribution in [0.25, 0.3) is 0 Å². The van der Waals surface area contributed by atoms with Gasteiger partial charge in [0.05, 0.1) is 17.1 Å². The van der Waals surface area contributed by atoms with Crippen molar-refractivity contribution in [2.45, 2.75) is 0 Å². The number of ether oxygens (including phenoxy) is 1.